The van der Waals surface area contributed by atoms with Crippen LogP contribution in [-0.2, 0) is 4.79 Å². The smallest absolute Gasteiger partial charge is 0.288 e. The molecule has 0 saturated heterocycles. The molecule has 3 N–H and O–H groups in total. The summed E-state index contributed by atoms with van der Waals surface area (Å²) in [5.41, 5.74) is 6.65. The maximum Gasteiger partial charge on any atom is 0.288 e. The second-order valence-corrected chi connectivity index (χ2v) is 6.35. The topological polar surface area (TPSA) is 120 Å². The van der Waals surface area contributed by atoms with E-state index in [9.17, 15) is 9.59 Å². The number of H-pyrrole nitrogens is 1. The van der Waals surface area contributed by atoms with Crippen molar-refractivity contribution in [1.82, 2.24) is 21.0 Å². The number of aromatic nitrogens is 2. The van der Waals surface area contributed by atoms with Crippen LogP contribution in [-0.4, -0.2) is 28.6 Å². The monoisotopic (exact) mass is 439 g/mol. The molecule has 0 atom stereocenters. The van der Waals surface area contributed by atoms with Gasteiger partial charge in [-0.2, -0.15) is 10.4 Å². The summed E-state index contributed by atoms with van der Waals surface area (Å²) in [6, 6.07) is 17.7. The lowest BCUT2D eigenvalue weighted by atomic mass is 10.1. The van der Waals surface area contributed by atoms with Gasteiger partial charge in [-0.3, -0.25) is 25.5 Å². The highest BCUT2D eigenvalue weighted by molar-refractivity contribution is 9.10. The van der Waals surface area contributed by atoms with E-state index in [0.29, 0.717) is 21.5 Å². The van der Waals surface area contributed by atoms with E-state index in [-0.39, 0.29) is 12.3 Å². The van der Waals surface area contributed by atoms with E-state index in [2.05, 4.69) is 37.0 Å². The van der Waals surface area contributed by atoms with Crippen LogP contribution in [0.4, 0.5) is 0 Å². The fraction of sp³-hybridized carbons (Fsp3) is 0.0526. The summed E-state index contributed by atoms with van der Waals surface area (Å²) in [4.78, 5) is 24.1. The van der Waals surface area contributed by atoms with Crippen molar-refractivity contribution in [2.24, 2.45) is 0 Å². The van der Waals surface area contributed by atoms with E-state index in [1.165, 1.54) is 0 Å². The van der Waals surface area contributed by atoms with Gasteiger partial charge in [-0.25, -0.2) is 0 Å². The fourth-order valence-electron chi connectivity index (χ4n) is 2.27. The van der Waals surface area contributed by atoms with E-state index in [1.807, 2.05) is 36.4 Å². The van der Waals surface area contributed by atoms with Crippen molar-refractivity contribution < 1.29 is 14.3 Å². The van der Waals surface area contributed by atoms with E-state index >= 15 is 0 Å². The van der Waals surface area contributed by atoms with Gasteiger partial charge in [0.05, 0.1) is 16.1 Å². The molecule has 2 aromatic carbocycles. The second kappa shape index (κ2) is 8.83. The zero-order chi connectivity index (χ0) is 19.9. The van der Waals surface area contributed by atoms with Gasteiger partial charge in [-0.05, 0) is 40.2 Å². The van der Waals surface area contributed by atoms with Gasteiger partial charge >= 0.3 is 0 Å². The summed E-state index contributed by atoms with van der Waals surface area (Å²) in [6.45, 7) is -0.300. The van der Waals surface area contributed by atoms with Gasteiger partial charge in [0.25, 0.3) is 11.8 Å². The number of hydrogen-bond acceptors (Lipinski definition) is 5. The Balaban J connectivity index is 1.53. The number of hydrazine groups is 1. The molecule has 2 amide bonds. The van der Waals surface area contributed by atoms with Crippen molar-refractivity contribution >= 4 is 27.7 Å². The molecule has 0 saturated carbocycles. The minimum atomic E-state index is -0.562. The third kappa shape index (κ3) is 4.55. The average molecular weight is 440 g/mol. The molecule has 1 heterocycles. The molecule has 0 bridgehead atoms. The predicted octanol–water partition coefficient (Wildman–Crippen LogP) is 2.55. The molecule has 0 aliphatic rings. The van der Waals surface area contributed by atoms with Crippen LogP contribution in [0.5, 0.6) is 5.75 Å². The summed E-state index contributed by atoms with van der Waals surface area (Å²) in [5, 5.41) is 15.5. The van der Waals surface area contributed by atoms with Gasteiger partial charge in [0.2, 0.25) is 0 Å². The number of amides is 2. The van der Waals surface area contributed by atoms with Gasteiger partial charge in [-0.15, -0.1) is 0 Å². The Morgan fingerprint density at radius 3 is 2.50 bits per heavy atom. The van der Waals surface area contributed by atoms with Crippen molar-refractivity contribution in [3.63, 3.8) is 0 Å². The van der Waals surface area contributed by atoms with Crippen LogP contribution in [0.15, 0.2) is 59.1 Å². The van der Waals surface area contributed by atoms with Gasteiger partial charge in [-0.1, -0.05) is 30.3 Å². The Morgan fingerprint density at radius 2 is 1.82 bits per heavy atom. The first kappa shape index (κ1) is 19.1. The third-order valence-electron chi connectivity index (χ3n) is 3.65. The van der Waals surface area contributed by atoms with Gasteiger partial charge in [0, 0.05) is 5.56 Å². The van der Waals surface area contributed by atoms with Crippen LogP contribution in [0, 0.1) is 11.3 Å². The fourth-order valence-corrected chi connectivity index (χ4v) is 2.85. The molecule has 28 heavy (non-hydrogen) atoms. The number of nitriles is 1. The van der Waals surface area contributed by atoms with Gasteiger partial charge < -0.3 is 4.74 Å². The molecule has 0 radical (unpaired) electrons. The first-order chi connectivity index (χ1) is 13.6. The van der Waals surface area contributed by atoms with Crippen LogP contribution < -0.4 is 15.6 Å². The van der Waals surface area contributed by atoms with Crippen molar-refractivity contribution in [2.75, 3.05) is 6.61 Å². The second-order valence-electron chi connectivity index (χ2n) is 5.55. The van der Waals surface area contributed by atoms with Crippen LogP contribution in [0.1, 0.15) is 16.1 Å². The molecule has 3 rings (SSSR count). The largest absolute Gasteiger partial charge is 0.484 e. The summed E-state index contributed by atoms with van der Waals surface area (Å²) >= 11 is 3.35. The van der Waals surface area contributed by atoms with Crippen molar-refractivity contribution in [2.45, 2.75) is 0 Å². The maximum absolute atomic E-state index is 12.3. The molecule has 0 aliphatic heterocycles. The molecule has 0 aliphatic carbocycles. The molecule has 9 heteroatoms. The van der Waals surface area contributed by atoms with Crippen LogP contribution in [0.25, 0.3) is 11.3 Å². The van der Waals surface area contributed by atoms with E-state index in [4.69, 9.17) is 10.00 Å². The molecule has 140 valence electrons. The molecule has 3 aromatic rings. The van der Waals surface area contributed by atoms with Crippen LogP contribution in [0.3, 0.4) is 0 Å². The quantitative estimate of drug-likeness (QED) is 0.527. The van der Waals surface area contributed by atoms with E-state index in [0.717, 1.165) is 5.56 Å². The molecule has 0 fully saturated rings. The molecule has 8 nitrogen and oxygen atoms in total. The normalized spacial score (nSPS) is 10.0. The number of carbonyl (C=O) groups excluding carboxylic acids is 2. The molecule has 1 aromatic heterocycles. The molecular weight excluding hydrogens is 426 g/mol. The Kier molecular flexibility index (Phi) is 6.04. The molecule has 0 unspecified atom stereocenters. The Bertz CT molecular complexity index is 1030. The zero-order valence-corrected chi connectivity index (χ0v) is 16.0. The summed E-state index contributed by atoms with van der Waals surface area (Å²) in [6.07, 6.45) is 0. The number of hydrogen-bond donors (Lipinski definition) is 3. The summed E-state index contributed by atoms with van der Waals surface area (Å²) in [7, 11) is 0. The highest BCUT2D eigenvalue weighted by Crippen LogP contribution is 2.28. The number of carbonyl (C=O) groups is 2. The highest BCUT2D eigenvalue weighted by atomic mass is 79.9. The average Bonchev–Trinajstić information content (AvgIpc) is 3.13. The van der Waals surface area contributed by atoms with Gasteiger partial charge in [0.1, 0.15) is 17.1 Å². The van der Waals surface area contributed by atoms with Crippen molar-refractivity contribution in [3.05, 3.63) is 70.3 Å². The lowest BCUT2D eigenvalue weighted by Gasteiger charge is -2.08. The SMILES string of the molecule is N#Cc1ccc(OCC(=O)NNC(=O)c2[nH]nc(-c3ccccc3)c2Br)cc1. The zero-order valence-electron chi connectivity index (χ0n) is 14.4. The number of aromatic amines is 1. The van der Waals surface area contributed by atoms with Crippen molar-refractivity contribution in [1.29, 1.82) is 5.26 Å². The number of nitrogens with zero attached hydrogens (tertiary/aromatic N) is 2. The van der Waals surface area contributed by atoms with Crippen LogP contribution in [0.2, 0.25) is 0 Å². The number of halogens is 1. The minimum absolute atomic E-state index is 0.173. The summed E-state index contributed by atoms with van der Waals surface area (Å²) < 4.78 is 5.77. The lowest BCUT2D eigenvalue weighted by Crippen LogP contribution is -2.44. The maximum atomic E-state index is 12.3. The number of ether oxygens (including phenoxy) is 1. The standard InChI is InChI=1S/C19H14BrN5O3/c20-16-17(13-4-2-1-3-5-13)23-24-18(16)19(27)25-22-15(26)11-28-14-8-6-12(10-21)7-9-14/h1-9H,11H2,(H,22,26)(H,23,24)(H,25,27). The van der Waals surface area contributed by atoms with E-state index in [1.54, 1.807) is 24.3 Å². The molecule has 0 spiro atoms. The Morgan fingerprint density at radius 1 is 1.11 bits per heavy atom. The Labute approximate surface area is 168 Å². The predicted molar refractivity (Wildman–Crippen MR) is 104 cm³/mol. The number of rotatable bonds is 5. The lowest BCUT2D eigenvalue weighted by molar-refractivity contribution is -0.123. The number of nitrogens with one attached hydrogen (secondary N) is 3. The Hall–Kier alpha value is -3.64. The van der Waals surface area contributed by atoms with Crippen LogP contribution >= 0.6 is 15.9 Å². The van der Waals surface area contributed by atoms with Gasteiger partial charge in [0.15, 0.2) is 6.61 Å². The minimum Gasteiger partial charge on any atom is -0.484 e. The van der Waals surface area contributed by atoms with Crippen molar-refractivity contribution in [3.8, 4) is 23.1 Å². The number of benzene rings is 2. The first-order valence-corrected chi connectivity index (χ1v) is 8.89. The summed E-state index contributed by atoms with van der Waals surface area (Å²) in [5.74, 6) is -0.672. The third-order valence-corrected chi connectivity index (χ3v) is 4.42. The van der Waals surface area contributed by atoms with E-state index < -0.39 is 11.8 Å². The molecular formula is C19H14BrN5O3. The first-order valence-electron chi connectivity index (χ1n) is 8.10. The highest BCUT2D eigenvalue weighted by Gasteiger charge is 2.18.